The number of hydrogen-bond donors (Lipinski definition) is 0. The fraction of sp³-hybridized carbons (Fsp3) is 0.118. The monoisotopic (exact) mass is 295 g/mol. The maximum atomic E-state index is 11.6. The second kappa shape index (κ2) is 7.04. The summed E-state index contributed by atoms with van der Waals surface area (Å²) in [5.74, 6) is -0.0777. The standard InChI is InChI=1S/C17H13NO4/c1-21-17(20)15-7-12(9-18)6-13(8-15)11-22-16-5-3-2-4-14(16)10-19/h2-8,10H,11H2,1H3. The molecule has 0 aromatic heterocycles. The van der Waals surface area contributed by atoms with Crippen molar-refractivity contribution in [1.82, 2.24) is 0 Å². The fourth-order valence-corrected chi connectivity index (χ4v) is 1.95. The first-order chi connectivity index (χ1) is 10.7. The Morgan fingerprint density at radius 3 is 2.73 bits per heavy atom. The number of rotatable bonds is 5. The number of carbonyl (C=O) groups excluding carboxylic acids is 2. The molecule has 0 atom stereocenters. The van der Waals surface area contributed by atoms with Crippen LogP contribution in [-0.4, -0.2) is 19.4 Å². The molecule has 5 nitrogen and oxygen atoms in total. The number of methoxy groups -OCH3 is 1. The van der Waals surface area contributed by atoms with E-state index in [0.717, 1.165) is 0 Å². The van der Waals surface area contributed by atoms with Crippen molar-refractivity contribution in [3.8, 4) is 11.8 Å². The fourth-order valence-electron chi connectivity index (χ4n) is 1.95. The number of carbonyl (C=O) groups is 2. The number of esters is 1. The maximum absolute atomic E-state index is 11.6. The maximum Gasteiger partial charge on any atom is 0.337 e. The normalized spacial score (nSPS) is 9.64. The summed E-state index contributed by atoms with van der Waals surface area (Å²) in [6.07, 6.45) is 0.709. The Hall–Kier alpha value is -3.13. The summed E-state index contributed by atoms with van der Waals surface area (Å²) in [5, 5.41) is 9.02. The van der Waals surface area contributed by atoms with Crippen LogP contribution in [0.2, 0.25) is 0 Å². The summed E-state index contributed by atoms with van der Waals surface area (Å²) >= 11 is 0. The van der Waals surface area contributed by atoms with Crippen LogP contribution in [-0.2, 0) is 11.3 Å². The second-order valence-electron chi connectivity index (χ2n) is 4.47. The molecule has 0 heterocycles. The summed E-state index contributed by atoms with van der Waals surface area (Å²) in [6.45, 7) is 0.129. The van der Waals surface area contributed by atoms with Crippen molar-refractivity contribution in [2.45, 2.75) is 6.61 Å². The van der Waals surface area contributed by atoms with Gasteiger partial charge in [-0.05, 0) is 35.9 Å². The predicted molar refractivity (Wildman–Crippen MR) is 78.7 cm³/mol. The van der Waals surface area contributed by atoms with Crippen LogP contribution < -0.4 is 4.74 Å². The zero-order chi connectivity index (χ0) is 15.9. The van der Waals surface area contributed by atoms with E-state index in [1.807, 2.05) is 6.07 Å². The molecule has 0 aliphatic carbocycles. The van der Waals surface area contributed by atoms with Gasteiger partial charge in [-0.1, -0.05) is 12.1 Å². The quantitative estimate of drug-likeness (QED) is 0.626. The number of nitrogens with zero attached hydrogens (tertiary/aromatic N) is 1. The second-order valence-corrected chi connectivity index (χ2v) is 4.47. The highest BCUT2D eigenvalue weighted by Crippen LogP contribution is 2.18. The molecule has 0 N–H and O–H groups in total. The van der Waals surface area contributed by atoms with Crippen molar-refractivity contribution in [2.24, 2.45) is 0 Å². The van der Waals surface area contributed by atoms with Crippen LogP contribution in [0.3, 0.4) is 0 Å². The predicted octanol–water partition coefficient (Wildman–Crippen LogP) is 2.74. The van der Waals surface area contributed by atoms with E-state index in [-0.39, 0.29) is 12.2 Å². The van der Waals surface area contributed by atoms with Gasteiger partial charge < -0.3 is 9.47 Å². The van der Waals surface area contributed by atoms with E-state index in [0.29, 0.717) is 28.7 Å². The van der Waals surface area contributed by atoms with E-state index < -0.39 is 5.97 Å². The minimum absolute atomic E-state index is 0.129. The average Bonchev–Trinajstić information content (AvgIpc) is 2.59. The lowest BCUT2D eigenvalue weighted by atomic mass is 10.1. The molecule has 0 fully saturated rings. The van der Waals surface area contributed by atoms with Gasteiger partial charge in [-0.3, -0.25) is 4.79 Å². The van der Waals surface area contributed by atoms with E-state index in [1.54, 1.807) is 36.4 Å². The van der Waals surface area contributed by atoms with Gasteiger partial charge in [0.15, 0.2) is 6.29 Å². The lowest BCUT2D eigenvalue weighted by molar-refractivity contribution is 0.0600. The molecule has 0 saturated heterocycles. The largest absolute Gasteiger partial charge is 0.488 e. The van der Waals surface area contributed by atoms with Gasteiger partial charge in [0.1, 0.15) is 12.4 Å². The molecular weight excluding hydrogens is 282 g/mol. The smallest absolute Gasteiger partial charge is 0.337 e. The summed E-state index contributed by atoms with van der Waals surface area (Å²) in [5.41, 5.74) is 1.70. The topological polar surface area (TPSA) is 76.4 Å². The van der Waals surface area contributed by atoms with Crippen LogP contribution in [0.25, 0.3) is 0 Å². The van der Waals surface area contributed by atoms with Gasteiger partial charge >= 0.3 is 5.97 Å². The third-order valence-corrected chi connectivity index (χ3v) is 2.98. The first-order valence-electron chi connectivity index (χ1n) is 6.47. The molecule has 0 amide bonds. The van der Waals surface area contributed by atoms with Gasteiger partial charge in [0.05, 0.1) is 29.9 Å². The van der Waals surface area contributed by atoms with E-state index in [9.17, 15) is 9.59 Å². The van der Waals surface area contributed by atoms with Gasteiger partial charge in [0.25, 0.3) is 0 Å². The number of para-hydroxylation sites is 1. The average molecular weight is 295 g/mol. The SMILES string of the molecule is COC(=O)c1cc(C#N)cc(COc2ccccc2C=O)c1. The molecule has 0 bridgehead atoms. The van der Waals surface area contributed by atoms with Crippen LogP contribution in [0.1, 0.15) is 31.8 Å². The molecule has 0 saturated carbocycles. The Morgan fingerprint density at radius 1 is 1.27 bits per heavy atom. The summed E-state index contributed by atoms with van der Waals surface area (Å²) in [7, 11) is 1.28. The Labute approximate surface area is 127 Å². The van der Waals surface area contributed by atoms with Crippen molar-refractivity contribution < 1.29 is 19.1 Å². The zero-order valence-electron chi connectivity index (χ0n) is 11.9. The molecule has 2 rings (SSSR count). The van der Waals surface area contributed by atoms with E-state index in [1.165, 1.54) is 13.2 Å². The van der Waals surface area contributed by atoms with Gasteiger partial charge in [-0.2, -0.15) is 5.26 Å². The van der Waals surface area contributed by atoms with Crippen molar-refractivity contribution in [1.29, 1.82) is 5.26 Å². The first-order valence-corrected chi connectivity index (χ1v) is 6.47. The number of nitriles is 1. The Kier molecular flexibility index (Phi) is 4.89. The van der Waals surface area contributed by atoms with Crippen LogP contribution in [0, 0.1) is 11.3 Å². The molecule has 0 aliphatic rings. The molecule has 0 aliphatic heterocycles. The molecule has 0 unspecified atom stereocenters. The van der Waals surface area contributed by atoms with Crippen molar-refractivity contribution in [3.05, 3.63) is 64.7 Å². The van der Waals surface area contributed by atoms with Crippen LogP contribution in [0.15, 0.2) is 42.5 Å². The highest BCUT2D eigenvalue weighted by Gasteiger charge is 2.10. The number of benzene rings is 2. The lowest BCUT2D eigenvalue weighted by Crippen LogP contribution is -2.05. The van der Waals surface area contributed by atoms with Crippen LogP contribution in [0.5, 0.6) is 5.75 Å². The molecule has 2 aromatic carbocycles. The van der Waals surface area contributed by atoms with Gasteiger partial charge in [-0.15, -0.1) is 0 Å². The molecular formula is C17H13NO4. The summed E-state index contributed by atoms with van der Waals surface area (Å²) < 4.78 is 10.2. The Morgan fingerprint density at radius 2 is 2.05 bits per heavy atom. The molecule has 2 aromatic rings. The third-order valence-electron chi connectivity index (χ3n) is 2.98. The van der Waals surface area contributed by atoms with Gasteiger partial charge in [0.2, 0.25) is 0 Å². The minimum Gasteiger partial charge on any atom is -0.488 e. The number of hydrogen-bond acceptors (Lipinski definition) is 5. The summed E-state index contributed by atoms with van der Waals surface area (Å²) in [6, 6.07) is 13.5. The van der Waals surface area contributed by atoms with Gasteiger partial charge in [-0.25, -0.2) is 4.79 Å². The number of ether oxygens (including phenoxy) is 2. The molecule has 0 radical (unpaired) electrons. The van der Waals surface area contributed by atoms with Crippen molar-refractivity contribution >= 4 is 12.3 Å². The molecule has 0 spiro atoms. The highest BCUT2D eigenvalue weighted by atomic mass is 16.5. The van der Waals surface area contributed by atoms with Crippen LogP contribution in [0.4, 0.5) is 0 Å². The minimum atomic E-state index is -0.522. The van der Waals surface area contributed by atoms with Crippen LogP contribution >= 0.6 is 0 Å². The zero-order valence-corrected chi connectivity index (χ0v) is 11.9. The first kappa shape index (κ1) is 15.3. The number of aldehydes is 1. The van der Waals surface area contributed by atoms with E-state index >= 15 is 0 Å². The lowest BCUT2D eigenvalue weighted by Gasteiger charge is -2.09. The molecule has 110 valence electrons. The molecule has 22 heavy (non-hydrogen) atoms. The third kappa shape index (κ3) is 3.49. The Balaban J connectivity index is 2.24. The van der Waals surface area contributed by atoms with E-state index in [2.05, 4.69) is 4.74 Å². The van der Waals surface area contributed by atoms with Crippen molar-refractivity contribution in [2.75, 3.05) is 7.11 Å². The van der Waals surface area contributed by atoms with Gasteiger partial charge in [0, 0.05) is 0 Å². The highest BCUT2D eigenvalue weighted by molar-refractivity contribution is 5.90. The van der Waals surface area contributed by atoms with Crippen molar-refractivity contribution in [3.63, 3.8) is 0 Å². The summed E-state index contributed by atoms with van der Waals surface area (Å²) in [4.78, 5) is 22.5. The van der Waals surface area contributed by atoms with E-state index in [4.69, 9.17) is 10.00 Å². The molecule has 5 heteroatoms. The Bertz CT molecular complexity index is 747.